The van der Waals surface area contributed by atoms with Gasteiger partial charge in [0.25, 0.3) is 0 Å². The average Bonchev–Trinajstić information content (AvgIpc) is 3.18. The first-order valence-electron chi connectivity index (χ1n) is 8.18. The average molecular weight is 449 g/mol. The lowest BCUT2D eigenvalue weighted by Crippen LogP contribution is -2.36. The first-order valence-corrected chi connectivity index (χ1v) is 8.18. The quantitative estimate of drug-likeness (QED) is 0.319. The molecule has 0 aliphatic carbocycles. The van der Waals surface area contributed by atoms with Gasteiger partial charge in [0.05, 0.1) is 12.2 Å². The Hall–Kier alpha value is -2.09. The Bertz CT molecular complexity index is 707. The summed E-state index contributed by atoms with van der Waals surface area (Å²) in [6, 6.07) is 14.5. The van der Waals surface area contributed by atoms with Crippen molar-refractivity contribution in [3.63, 3.8) is 0 Å². The lowest BCUT2D eigenvalue weighted by atomic mass is 10.2. The molecule has 0 bridgehead atoms. The highest BCUT2D eigenvalue weighted by Gasteiger charge is 2.08. The number of aliphatic imine (C=N–C) groups is 1. The van der Waals surface area contributed by atoms with Gasteiger partial charge in [0.15, 0.2) is 5.96 Å². The summed E-state index contributed by atoms with van der Waals surface area (Å²) in [6.07, 6.45) is 6.20. The van der Waals surface area contributed by atoms with Crippen LogP contribution in [0.25, 0.3) is 0 Å². The summed E-state index contributed by atoms with van der Waals surface area (Å²) in [5.41, 5.74) is 3.49. The van der Waals surface area contributed by atoms with E-state index in [1.54, 1.807) is 13.2 Å². The number of nitrogens with zero attached hydrogens (tertiary/aromatic N) is 3. The van der Waals surface area contributed by atoms with Gasteiger partial charge in [-0.05, 0) is 29.8 Å². The molecule has 6 heteroatoms. The predicted molar refractivity (Wildman–Crippen MR) is 114 cm³/mol. The molecule has 1 aromatic heterocycles. The number of hydrogen-bond acceptors (Lipinski definition) is 3. The highest BCUT2D eigenvalue weighted by atomic mass is 127. The van der Waals surface area contributed by atoms with E-state index in [-0.39, 0.29) is 24.0 Å². The Kier molecular flexibility index (Phi) is 7.72. The van der Waals surface area contributed by atoms with Crippen LogP contribution in [0.3, 0.4) is 0 Å². The van der Waals surface area contributed by atoms with Crippen molar-refractivity contribution in [2.24, 2.45) is 4.99 Å². The summed E-state index contributed by atoms with van der Waals surface area (Å²) in [6.45, 7) is 3.37. The summed E-state index contributed by atoms with van der Waals surface area (Å²) in [4.78, 5) is 10.9. The molecule has 0 saturated carbocycles. The number of rotatable bonds is 5. The van der Waals surface area contributed by atoms with Crippen LogP contribution in [0.4, 0.5) is 5.69 Å². The summed E-state index contributed by atoms with van der Waals surface area (Å²) in [7, 11) is 1.78. The van der Waals surface area contributed by atoms with Crippen molar-refractivity contribution < 1.29 is 0 Å². The molecule has 1 aliphatic heterocycles. The van der Waals surface area contributed by atoms with Crippen LogP contribution in [0.5, 0.6) is 0 Å². The summed E-state index contributed by atoms with van der Waals surface area (Å²) >= 11 is 0. The Morgan fingerprint density at radius 2 is 1.88 bits per heavy atom. The molecule has 2 aromatic rings. The lowest BCUT2D eigenvalue weighted by molar-refractivity contribution is 0.794. The molecule has 132 valence electrons. The standard InChI is InChI=1S/C19H23N5.HI/c1-20-19(23-15-17-8-2-3-10-21-17)22-14-16-7-6-9-18(13-16)24-11-4-5-12-24;/h2-10,13H,11-12,14-15H2,1H3,(H2,20,22,23);1H. The minimum atomic E-state index is 0. The Morgan fingerprint density at radius 3 is 2.60 bits per heavy atom. The number of aromatic nitrogens is 1. The molecule has 0 spiro atoms. The summed E-state index contributed by atoms with van der Waals surface area (Å²) < 4.78 is 0. The summed E-state index contributed by atoms with van der Waals surface area (Å²) in [5.74, 6) is 0.772. The first kappa shape index (κ1) is 19.2. The van der Waals surface area contributed by atoms with E-state index >= 15 is 0 Å². The molecule has 2 heterocycles. The summed E-state index contributed by atoms with van der Waals surface area (Å²) in [5, 5.41) is 6.63. The van der Waals surface area contributed by atoms with Crippen LogP contribution < -0.4 is 15.5 Å². The van der Waals surface area contributed by atoms with Crippen LogP contribution in [0.2, 0.25) is 0 Å². The van der Waals surface area contributed by atoms with E-state index in [0.29, 0.717) is 6.54 Å². The Balaban J connectivity index is 0.00000225. The fraction of sp³-hybridized carbons (Fsp3) is 0.263. The van der Waals surface area contributed by atoms with E-state index in [2.05, 4.69) is 61.9 Å². The van der Waals surface area contributed by atoms with Crippen LogP contribution in [0, 0.1) is 0 Å². The van der Waals surface area contributed by atoms with Gasteiger partial charge in [-0.1, -0.05) is 30.4 Å². The van der Waals surface area contributed by atoms with Gasteiger partial charge in [-0.15, -0.1) is 24.0 Å². The van der Waals surface area contributed by atoms with E-state index in [0.717, 1.165) is 31.3 Å². The van der Waals surface area contributed by atoms with Crippen molar-refractivity contribution in [3.05, 3.63) is 72.1 Å². The topological polar surface area (TPSA) is 52.6 Å². The predicted octanol–water partition coefficient (Wildman–Crippen LogP) is 2.94. The molecule has 5 nitrogen and oxygen atoms in total. The number of nitrogens with one attached hydrogen (secondary N) is 2. The van der Waals surface area contributed by atoms with Crippen LogP contribution in [0.15, 0.2) is 65.8 Å². The van der Waals surface area contributed by atoms with Gasteiger partial charge in [-0.3, -0.25) is 9.98 Å². The zero-order chi connectivity index (χ0) is 16.6. The second-order valence-electron chi connectivity index (χ2n) is 5.65. The van der Waals surface area contributed by atoms with Crippen molar-refractivity contribution >= 4 is 35.6 Å². The largest absolute Gasteiger partial charge is 0.364 e. The van der Waals surface area contributed by atoms with Crippen molar-refractivity contribution in [1.82, 2.24) is 15.6 Å². The van der Waals surface area contributed by atoms with E-state index in [4.69, 9.17) is 0 Å². The third-order valence-corrected chi connectivity index (χ3v) is 3.94. The number of hydrogen-bond donors (Lipinski definition) is 2. The van der Waals surface area contributed by atoms with Crippen molar-refractivity contribution in [1.29, 1.82) is 0 Å². The molecule has 0 radical (unpaired) electrons. The fourth-order valence-corrected chi connectivity index (χ4v) is 2.64. The normalized spacial score (nSPS) is 13.5. The molecule has 1 aromatic carbocycles. The second-order valence-corrected chi connectivity index (χ2v) is 5.65. The third-order valence-electron chi connectivity index (χ3n) is 3.94. The maximum Gasteiger partial charge on any atom is 0.191 e. The van der Waals surface area contributed by atoms with E-state index in [1.165, 1.54) is 11.3 Å². The number of guanidine groups is 1. The molecule has 0 saturated heterocycles. The molecule has 1 aliphatic rings. The minimum Gasteiger partial charge on any atom is -0.364 e. The Morgan fingerprint density at radius 1 is 1.08 bits per heavy atom. The van der Waals surface area contributed by atoms with Crippen LogP contribution >= 0.6 is 24.0 Å². The van der Waals surface area contributed by atoms with Gasteiger partial charge < -0.3 is 15.5 Å². The SMILES string of the molecule is CN=C(NCc1cccc(N2CC=CC2)c1)NCc1ccccn1.I. The molecule has 2 N–H and O–H groups in total. The van der Waals surface area contributed by atoms with Gasteiger partial charge in [0.2, 0.25) is 0 Å². The number of pyridine rings is 1. The van der Waals surface area contributed by atoms with Crippen LogP contribution in [-0.2, 0) is 13.1 Å². The first-order chi connectivity index (χ1) is 11.8. The van der Waals surface area contributed by atoms with E-state index in [1.807, 2.05) is 18.2 Å². The van der Waals surface area contributed by atoms with Crippen LogP contribution in [-0.4, -0.2) is 31.1 Å². The molecule has 25 heavy (non-hydrogen) atoms. The highest BCUT2D eigenvalue weighted by molar-refractivity contribution is 14.0. The van der Waals surface area contributed by atoms with Gasteiger partial charge in [0, 0.05) is 38.6 Å². The zero-order valence-corrected chi connectivity index (χ0v) is 16.7. The number of benzene rings is 1. The van der Waals surface area contributed by atoms with E-state index in [9.17, 15) is 0 Å². The molecule has 0 unspecified atom stereocenters. The van der Waals surface area contributed by atoms with E-state index < -0.39 is 0 Å². The smallest absolute Gasteiger partial charge is 0.191 e. The van der Waals surface area contributed by atoms with Crippen molar-refractivity contribution in [3.8, 4) is 0 Å². The van der Waals surface area contributed by atoms with Gasteiger partial charge in [0.1, 0.15) is 0 Å². The fourth-order valence-electron chi connectivity index (χ4n) is 2.64. The Labute approximate surface area is 166 Å². The molecule has 0 fully saturated rings. The maximum absolute atomic E-state index is 4.30. The van der Waals surface area contributed by atoms with Gasteiger partial charge >= 0.3 is 0 Å². The zero-order valence-electron chi connectivity index (χ0n) is 14.4. The van der Waals surface area contributed by atoms with Crippen LogP contribution in [0.1, 0.15) is 11.3 Å². The van der Waals surface area contributed by atoms with Gasteiger partial charge in [-0.2, -0.15) is 0 Å². The maximum atomic E-state index is 4.30. The van der Waals surface area contributed by atoms with Crippen molar-refractivity contribution in [2.75, 3.05) is 25.0 Å². The highest BCUT2D eigenvalue weighted by Crippen LogP contribution is 2.18. The van der Waals surface area contributed by atoms with Gasteiger partial charge in [-0.25, -0.2) is 0 Å². The van der Waals surface area contributed by atoms with Crippen molar-refractivity contribution in [2.45, 2.75) is 13.1 Å². The number of halogens is 1. The molecule has 0 amide bonds. The minimum absolute atomic E-state index is 0. The second kappa shape index (κ2) is 10.0. The third kappa shape index (κ3) is 5.74. The lowest BCUT2D eigenvalue weighted by Gasteiger charge is -2.19. The molecule has 3 rings (SSSR count). The molecular weight excluding hydrogens is 425 g/mol. The molecule has 0 atom stereocenters. The monoisotopic (exact) mass is 449 g/mol. The number of anilines is 1. The molecular formula is C19H24IN5.